The average Bonchev–Trinajstić information content (AvgIpc) is 3.40. The molecule has 1 aliphatic heterocycles. The molecular formula is C23H20N4O2. The SMILES string of the molecule is N#Cc1ccc(-c2nc(C3CC(=O)N(c4cccc5c4CCCC5)C3)no2)cc1. The number of fused-ring (bicyclic) bond motifs is 1. The largest absolute Gasteiger partial charge is 0.334 e. The minimum atomic E-state index is -0.0853. The standard InChI is InChI=1S/C23H20N4O2/c24-13-15-8-10-17(11-9-15)23-25-22(26-29-23)18-12-21(28)27(14-18)20-7-3-5-16-4-1-2-6-19(16)20/h3,5,7-11,18H,1-2,4,6,12,14H2. The summed E-state index contributed by atoms with van der Waals surface area (Å²) < 4.78 is 5.43. The van der Waals surface area contributed by atoms with Gasteiger partial charge in [0.15, 0.2) is 5.82 Å². The predicted molar refractivity (Wildman–Crippen MR) is 107 cm³/mol. The van der Waals surface area contributed by atoms with E-state index in [1.54, 1.807) is 24.3 Å². The van der Waals surface area contributed by atoms with Gasteiger partial charge in [0.1, 0.15) is 0 Å². The normalized spacial score (nSPS) is 18.5. The van der Waals surface area contributed by atoms with Crippen molar-refractivity contribution in [2.75, 3.05) is 11.4 Å². The molecule has 1 unspecified atom stereocenters. The third kappa shape index (κ3) is 3.19. The third-order valence-corrected chi connectivity index (χ3v) is 5.85. The number of aryl methyl sites for hydroxylation is 1. The first kappa shape index (κ1) is 17.6. The zero-order chi connectivity index (χ0) is 19.8. The van der Waals surface area contributed by atoms with E-state index in [1.807, 2.05) is 4.90 Å². The van der Waals surface area contributed by atoms with Crippen molar-refractivity contribution < 1.29 is 9.32 Å². The number of carbonyl (C=O) groups excluding carboxylic acids is 1. The minimum absolute atomic E-state index is 0.0853. The molecule has 3 aromatic rings. The van der Waals surface area contributed by atoms with Gasteiger partial charge in [-0.2, -0.15) is 10.2 Å². The summed E-state index contributed by atoms with van der Waals surface area (Å²) in [6.07, 6.45) is 4.90. The molecule has 1 amide bonds. The van der Waals surface area contributed by atoms with Crippen LogP contribution in [-0.4, -0.2) is 22.6 Å². The molecule has 0 saturated carbocycles. The molecule has 5 rings (SSSR count). The van der Waals surface area contributed by atoms with Crippen LogP contribution in [0.3, 0.4) is 0 Å². The van der Waals surface area contributed by atoms with Crippen LogP contribution in [0.15, 0.2) is 47.0 Å². The predicted octanol–water partition coefficient (Wildman–Crippen LogP) is 4.01. The number of hydrogen-bond acceptors (Lipinski definition) is 5. The Morgan fingerprint density at radius 2 is 1.93 bits per heavy atom. The maximum Gasteiger partial charge on any atom is 0.257 e. The Balaban J connectivity index is 1.39. The van der Waals surface area contributed by atoms with Crippen molar-refractivity contribution in [3.05, 3.63) is 65.0 Å². The number of benzene rings is 2. The van der Waals surface area contributed by atoms with Crippen LogP contribution >= 0.6 is 0 Å². The number of hydrogen-bond donors (Lipinski definition) is 0. The van der Waals surface area contributed by atoms with Crippen molar-refractivity contribution in [1.82, 2.24) is 10.1 Å². The lowest BCUT2D eigenvalue weighted by Crippen LogP contribution is -2.26. The topological polar surface area (TPSA) is 83.0 Å². The number of nitrogens with zero attached hydrogens (tertiary/aromatic N) is 4. The van der Waals surface area contributed by atoms with Gasteiger partial charge in [0, 0.05) is 30.1 Å². The first-order valence-corrected chi connectivity index (χ1v) is 9.98. The summed E-state index contributed by atoms with van der Waals surface area (Å²) in [5, 5.41) is 13.1. The highest BCUT2D eigenvalue weighted by molar-refractivity contribution is 5.97. The van der Waals surface area contributed by atoms with E-state index >= 15 is 0 Å². The summed E-state index contributed by atoms with van der Waals surface area (Å²) >= 11 is 0. The van der Waals surface area contributed by atoms with Crippen LogP contribution in [0, 0.1) is 11.3 Å². The van der Waals surface area contributed by atoms with Gasteiger partial charge < -0.3 is 9.42 Å². The van der Waals surface area contributed by atoms with Gasteiger partial charge in [-0.1, -0.05) is 17.3 Å². The van der Waals surface area contributed by atoms with Crippen molar-refractivity contribution >= 4 is 11.6 Å². The van der Waals surface area contributed by atoms with Crippen LogP contribution in [0.4, 0.5) is 5.69 Å². The first-order chi connectivity index (χ1) is 14.2. The highest BCUT2D eigenvalue weighted by atomic mass is 16.5. The number of anilines is 1. The van der Waals surface area contributed by atoms with Gasteiger partial charge in [0.25, 0.3) is 5.89 Å². The van der Waals surface area contributed by atoms with Crippen LogP contribution in [0.2, 0.25) is 0 Å². The zero-order valence-corrected chi connectivity index (χ0v) is 16.0. The van der Waals surface area contributed by atoms with E-state index in [-0.39, 0.29) is 11.8 Å². The van der Waals surface area contributed by atoms with E-state index in [0.717, 1.165) is 24.1 Å². The molecule has 1 saturated heterocycles. The van der Waals surface area contributed by atoms with Crippen LogP contribution in [0.5, 0.6) is 0 Å². The van der Waals surface area contributed by atoms with Crippen molar-refractivity contribution in [1.29, 1.82) is 5.26 Å². The Kier molecular flexibility index (Phi) is 4.36. The number of rotatable bonds is 3. The van der Waals surface area contributed by atoms with Gasteiger partial charge in [0.2, 0.25) is 5.91 Å². The molecule has 2 heterocycles. The maximum atomic E-state index is 12.8. The lowest BCUT2D eigenvalue weighted by Gasteiger charge is -2.25. The zero-order valence-electron chi connectivity index (χ0n) is 16.0. The van der Waals surface area contributed by atoms with Crippen LogP contribution in [0.25, 0.3) is 11.5 Å². The molecular weight excluding hydrogens is 364 g/mol. The van der Waals surface area contributed by atoms with Gasteiger partial charge in [-0.25, -0.2) is 0 Å². The Hall–Kier alpha value is -3.46. The third-order valence-electron chi connectivity index (χ3n) is 5.85. The molecule has 0 spiro atoms. The quantitative estimate of drug-likeness (QED) is 0.681. The molecule has 29 heavy (non-hydrogen) atoms. The average molecular weight is 384 g/mol. The Morgan fingerprint density at radius 1 is 1.10 bits per heavy atom. The molecule has 0 bridgehead atoms. The molecule has 2 aliphatic rings. The van der Waals surface area contributed by atoms with Crippen molar-refractivity contribution in [3.8, 4) is 17.5 Å². The highest BCUT2D eigenvalue weighted by Crippen LogP contribution is 2.36. The van der Waals surface area contributed by atoms with Gasteiger partial charge in [-0.3, -0.25) is 4.79 Å². The van der Waals surface area contributed by atoms with E-state index in [9.17, 15) is 4.79 Å². The van der Waals surface area contributed by atoms with Gasteiger partial charge in [-0.15, -0.1) is 0 Å². The second kappa shape index (κ2) is 7.17. The summed E-state index contributed by atoms with van der Waals surface area (Å²) in [5.74, 6) is 0.994. The highest BCUT2D eigenvalue weighted by Gasteiger charge is 2.36. The molecule has 0 radical (unpaired) electrons. The molecule has 1 fully saturated rings. The second-order valence-corrected chi connectivity index (χ2v) is 7.67. The summed E-state index contributed by atoms with van der Waals surface area (Å²) in [7, 11) is 0. The van der Waals surface area contributed by atoms with E-state index in [2.05, 4.69) is 34.4 Å². The van der Waals surface area contributed by atoms with Crippen LogP contribution < -0.4 is 4.90 Å². The van der Waals surface area contributed by atoms with E-state index in [4.69, 9.17) is 9.78 Å². The first-order valence-electron chi connectivity index (χ1n) is 9.98. The van der Waals surface area contributed by atoms with E-state index in [1.165, 1.54) is 24.0 Å². The summed E-state index contributed by atoms with van der Waals surface area (Å²) in [6.45, 7) is 0.571. The van der Waals surface area contributed by atoms with Crippen LogP contribution in [0.1, 0.15) is 47.7 Å². The lowest BCUT2D eigenvalue weighted by molar-refractivity contribution is -0.117. The van der Waals surface area contributed by atoms with Crippen LogP contribution in [-0.2, 0) is 17.6 Å². The molecule has 6 nitrogen and oxygen atoms in total. The number of carbonyl (C=O) groups is 1. The lowest BCUT2D eigenvalue weighted by atomic mass is 9.90. The monoisotopic (exact) mass is 384 g/mol. The fourth-order valence-corrected chi connectivity index (χ4v) is 4.33. The fraction of sp³-hybridized carbons (Fsp3) is 0.304. The van der Waals surface area contributed by atoms with E-state index in [0.29, 0.717) is 30.2 Å². The molecule has 1 aliphatic carbocycles. The number of amides is 1. The Morgan fingerprint density at radius 3 is 2.76 bits per heavy atom. The van der Waals surface area contributed by atoms with Gasteiger partial charge in [0.05, 0.1) is 11.6 Å². The molecule has 2 aromatic carbocycles. The van der Waals surface area contributed by atoms with Gasteiger partial charge >= 0.3 is 0 Å². The van der Waals surface area contributed by atoms with Crippen molar-refractivity contribution in [2.45, 2.75) is 38.0 Å². The molecule has 144 valence electrons. The van der Waals surface area contributed by atoms with E-state index < -0.39 is 0 Å². The minimum Gasteiger partial charge on any atom is -0.334 e. The summed E-state index contributed by atoms with van der Waals surface area (Å²) in [5.41, 5.74) is 5.08. The number of aromatic nitrogens is 2. The Labute approximate surface area is 168 Å². The molecule has 6 heteroatoms. The molecule has 1 aromatic heterocycles. The molecule has 1 atom stereocenters. The second-order valence-electron chi connectivity index (χ2n) is 7.67. The molecule has 0 N–H and O–H groups in total. The number of nitriles is 1. The summed E-state index contributed by atoms with van der Waals surface area (Å²) in [4.78, 5) is 19.2. The fourth-order valence-electron chi connectivity index (χ4n) is 4.33. The Bertz CT molecular complexity index is 1110. The van der Waals surface area contributed by atoms with Crippen molar-refractivity contribution in [2.24, 2.45) is 0 Å². The smallest absolute Gasteiger partial charge is 0.257 e. The van der Waals surface area contributed by atoms with Gasteiger partial charge in [-0.05, 0) is 67.1 Å². The van der Waals surface area contributed by atoms with Crippen molar-refractivity contribution in [3.63, 3.8) is 0 Å². The summed E-state index contributed by atoms with van der Waals surface area (Å²) in [6, 6.07) is 15.4. The maximum absolute atomic E-state index is 12.8.